The Morgan fingerprint density at radius 3 is 2.58 bits per heavy atom. The normalized spacial score (nSPS) is 11.8. The molecule has 0 unspecified atom stereocenters. The lowest BCUT2D eigenvalue weighted by Gasteiger charge is -2.09. The van der Waals surface area contributed by atoms with Crippen molar-refractivity contribution in [2.24, 2.45) is 0 Å². The molecule has 2 aromatic carbocycles. The molecule has 3 aromatic heterocycles. The number of halogens is 2. The van der Waals surface area contributed by atoms with Gasteiger partial charge in [0.05, 0.1) is 19.2 Å². The van der Waals surface area contributed by atoms with E-state index in [4.69, 9.17) is 37.1 Å². The minimum Gasteiger partial charge on any atom is -0.493 e. The van der Waals surface area contributed by atoms with Crippen molar-refractivity contribution in [3.63, 3.8) is 0 Å². The first-order chi connectivity index (χ1) is 17.4. The molecule has 0 aliphatic carbocycles. The van der Waals surface area contributed by atoms with Gasteiger partial charge in [-0.3, -0.25) is 9.59 Å². The number of thiazole rings is 1. The van der Waals surface area contributed by atoms with Crippen LogP contribution in [0.15, 0.2) is 62.5 Å². The molecule has 0 radical (unpaired) electrons. The maximum absolute atomic E-state index is 13.0. The summed E-state index contributed by atoms with van der Waals surface area (Å²) >= 11 is 13.3. The maximum atomic E-state index is 13.0. The second-order valence-electron chi connectivity index (χ2n) is 7.67. The van der Waals surface area contributed by atoms with Crippen LogP contribution in [-0.4, -0.2) is 28.8 Å². The van der Waals surface area contributed by atoms with E-state index in [9.17, 15) is 9.59 Å². The highest BCUT2D eigenvalue weighted by Gasteiger charge is 2.14. The number of fused-ring (bicyclic) bond motifs is 1. The third-order valence-corrected chi connectivity index (χ3v) is 6.87. The topological polar surface area (TPSA) is 95.9 Å². The lowest BCUT2D eigenvalue weighted by atomic mass is 10.1. The van der Waals surface area contributed by atoms with E-state index >= 15 is 0 Å². The number of nitrogens with zero attached hydrogens (tertiary/aromatic N) is 3. The van der Waals surface area contributed by atoms with Crippen LogP contribution in [0.2, 0.25) is 10.0 Å². The van der Waals surface area contributed by atoms with Crippen LogP contribution in [0.4, 0.5) is 0 Å². The van der Waals surface area contributed by atoms with E-state index in [-0.39, 0.29) is 17.1 Å². The molecule has 3 heterocycles. The second kappa shape index (κ2) is 9.77. The standard InChI is InChI=1S/C25H17Cl2N3O5S/c1-33-20-7-3-13(10-21(20)34-2)9-18-23(31)28-25-30(29-18)24(32)22(36-25)12-15-5-8-19(35-15)16-6-4-14(26)11-17(16)27/h3-8,10-12H,9H2,1-2H3. The van der Waals surface area contributed by atoms with Crippen LogP contribution in [-0.2, 0) is 6.42 Å². The average molecular weight is 542 g/mol. The summed E-state index contributed by atoms with van der Waals surface area (Å²) in [5.74, 6) is 2.06. The molecule has 5 aromatic rings. The molecule has 0 bridgehead atoms. The molecule has 0 atom stereocenters. The molecule has 0 aliphatic heterocycles. The Balaban J connectivity index is 1.50. The van der Waals surface area contributed by atoms with Crippen LogP contribution in [0.25, 0.3) is 22.4 Å². The third kappa shape index (κ3) is 4.60. The van der Waals surface area contributed by atoms with Crippen molar-refractivity contribution in [1.29, 1.82) is 0 Å². The highest BCUT2D eigenvalue weighted by atomic mass is 35.5. The van der Waals surface area contributed by atoms with Gasteiger partial charge in [-0.1, -0.05) is 40.6 Å². The number of rotatable bonds is 6. The van der Waals surface area contributed by atoms with Crippen molar-refractivity contribution in [1.82, 2.24) is 14.6 Å². The Morgan fingerprint density at radius 1 is 1.03 bits per heavy atom. The zero-order valence-corrected chi connectivity index (χ0v) is 21.3. The fraction of sp³-hybridized carbons (Fsp3) is 0.120. The fourth-order valence-corrected chi connectivity index (χ4v) is 5.02. The number of hydrogen-bond acceptors (Lipinski definition) is 8. The van der Waals surface area contributed by atoms with Gasteiger partial charge in [0.1, 0.15) is 21.7 Å². The van der Waals surface area contributed by atoms with Crippen molar-refractivity contribution in [2.75, 3.05) is 14.2 Å². The summed E-state index contributed by atoms with van der Waals surface area (Å²) in [6, 6.07) is 13.8. The molecule has 0 saturated carbocycles. The zero-order valence-electron chi connectivity index (χ0n) is 19.0. The molecule has 5 rings (SSSR count). The van der Waals surface area contributed by atoms with Crippen LogP contribution in [0.1, 0.15) is 17.0 Å². The predicted molar refractivity (Wildman–Crippen MR) is 139 cm³/mol. The fourth-order valence-electron chi connectivity index (χ4n) is 3.63. The van der Waals surface area contributed by atoms with Crippen LogP contribution in [0, 0.1) is 0 Å². The van der Waals surface area contributed by atoms with Gasteiger partial charge in [-0.05, 0) is 48.0 Å². The average Bonchev–Trinajstić information content (AvgIpc) is 3.44. The van der Waals surface area contributed by atoms with Gasteiger partial charge < -0.3 is 13.9 Å². The molecule has 0 N–H and O–H groups in total. The maximum Gasteiger partial charge on any atom is 0.296 e. The molecule has 0 aliphatic rings. The Bertz CT molecular complexity index is 1780. The van der Waals surface area contributed by atoms with Crippen molar-refractivity contribution < 1.29 is 13.9 Å². The van der Waals surface area contributed by atoms with Gasteiger partial charge in [0.25, 0.3) is 11.1 Å². The van der Waals surface area contributed by atoms with Gasteiger partial charge in [0, 0.05) is 23.1 Å². The first-order valence-electron chi connectivity index (χ1n) is 10.6. The van der Waals surface area contributed by atoms with E-state index in [1.807, 2.05) is 0 Å². The lowest BCUT2D eigenvalue weighted by molar-refractivity contribution is 0.354. The molecule has 11 heteroatoms. The van der Waals surface area contributed by atoms with E-state index in [2.05, 4.69) is 10.1 Å². The van der Waals surface area contributed by atoms with Crippen LogP contribution < -0.4 is 25.1 Å². The van der Waals surface area contributed by atoms with E-state index in [1.165, 1.54) is 7.11 Å². The largest absolute Gasteiger partial charge is 0.493 e. The Morgan fingerprint density at radius 2 is 1.83 bits per heavy atom. The van der Waals surface area contributed by atoms with Gasteiger partial charge >= 0.3 is 0 Å². The summed E-state index contributed by atoms with van der Waals surface area (Å²) in [5.41, 5.74) is 0.665. The predicted octanol–water partition coefficient (Wildman–Crippen LogP) is 4.23. The lowest BCUT2D eigenvalue weighted by Crippen LogP contribution is -2.28. The molecule has 0 amide bonds. The summed E-state index contributed by atoms with van der Waals surface area (Å²) in [6.45, 7) is 0. The molecule has 8 nitrogen and oxygen atoms in total. The van der Waals surface area contributed by atoms with Crippen LogP contribution in [0.5, 0.6) is 11.5 Å². The molecular formula is C25H17Cl2N3O5S. The second-order valence-corrected chi connectivity index (χ2v) is 9.52. The summed E-state index contributed by atoms with van der Waals surface area (Å²) in [5, 5.41) is 5.25. The monoisotopic (exact) mass is 541 g/mol. The first-order valence-corrected chi connectivity index (χ1v) is 12.1. The minimum absolute atomic E-state index is 0.138. The molecule has 182 valence electrons. The van der Waals surface area contributed by atoms with Gasteiger partial charge in [0.15, 0.2) is 11.5 Å². The highest BCUT2D eigenvalue weighted by molar-refractivity contribution is 7.15. The van der Waals surface area contributed by atoms with Crippen molar-refractivity contribution in [2.45, 2.75) is 6.42 Å². The smallest absolute Gasteiger partial charge is 0.296 e. The van der Waals surface area contributed by atoms with Crippen molar-refractivity contribution in [3.8, 4) is 22.8 Å². The number of benzene rings is 2. The number of furan rings is 1. The zero-order chi connectivity index (χ0) is 25.4. The Kier molecular flexibility index (Phi) is 6.53. The molecule has 0 saturated heterocycles. The van der Waals surface area contributed by atoms with Gasteiger partial charge in [-0.25, -0.2) is 0 Å². The molecule has 0 spiro atoms. The van der Waals surface area contributed by atoms with Gasteiger partial charge in [0.2, 0.25) is 4.96 Å². The van der Waals surface area contributed by atoms with Gasteiger partial charge in [-0.2, -0.15) is 14.6 Å². The number of ether oxygens (including phenoxy) is 2. The highest BCUT2D eigenvalue weighted by Crippen LogP contribution is 2.31. The Hall–Kier alpha value is -3.66. The van der Waals surface area contributed by atoms with E-state index < -0.39 is 11.1 Å². The summed E-state index contributed by atoms with van der Waals surface area (Å²) in [7, 11) is 3.07. The number of aromatic nitrogens is 3. The first kappa shape index (κ1) is 24.1. The quantitative estimate of drug-likeness (QED) is 0.317. The number of hydrogen-bond donors (Lipinski definition) is 0. The van der Waals surface area contributed by atoms with E-state index in [0.717, 1.165) is 21.4 Å². The summed E-state index contributed by atoms with van der Waals surface area (Å²) < 4.78 is 17.9. The van der Waals surface area contributed by atoms with Gasteiger partial charge in [-0.15, -0.1) is 0 Å². The van der Waals surface area contributed by atoms with Crippen LogP contribution in [0.3, 0.4) is 0 Å². The van der Waals surface area contributed by atoms with Crippen LogP contribution >= 0.6 is 34.5 Å². The Labute approximate surface area is 218 Å². The summed E-state index contributed by atoms with van der Waals surface area (Å²) in [4.78, 5) is 29.9. The summed E-state index contributed by atoms with van der Waals surface area (Å²) in [6.07, 6.45) is 1.75. The molecule has 0 fully saturated rings. The van der Waals surface area contributed by atoms with E-state index in [1.54, 1.807) is 61.7 Å². The van der Waals surface area contributed by atoms with E-state index in [0.29, 0.717) is 43.2 Å². The van der Waals surface area contributed by atoms with Crippen molar-refractivity contribution >= 4 is 45.6 Å². The molecular weight excluding hydrogens is 525 g/mol. The SMILES string of the molecule is COc1ccc(Cc2nn3c(=O)c(=Cc4ccc(-c5ccc(Cl)cc5Cl)o4)sc3nc2=O)cc1OC. The third-order valence-electron chi connectivity index (χ3n) is 5.37. The molecule has 36 heavy (non-hydrogen) atoms. The van der Waals surface area contributed by atoms with Crippen molar-refractivity contribution in [3.05, 3.63) is 101 Å². The number of methoxy groups -OCH3 is 2. The minimum atomic E-state index is -0.504.